The van der Waals surface area contributed by atoms with Crippen molar-refractivity contribution in [3.63, 3.8) is 0 Å². The second-order valence-corrected chi connectivity index (χ2v) is 4.06. The molecular formula is C7H6FN3O3S. The number of aromatic nitrogens is 3. The molecule has 0 aromatic carbocycles. The van der Waals surface area contributed by atoms with Crippen molar-refractivity contribution in [2.24, 2.45) is 7.05 Å². The van der Waals surface area contributed by atoms with Gasteiger partial charge in [0.15, 0.2) is 5.82 Å². The molecule has 2 rings (SSSR count). The van der Waals surface area contributed by atoms with E-state index in [0.29, 0.717) is 5.56 Å². The van der Waals surface area contributed by atoms with Gasteiger partial charge < -0.3 is 4.42 Å². The van der Waals surface area contributed by atoms with Crippen molar-refractivity contribution >= 4 is 10.2 Å². The van der Waals surface area contributed by atoms with Gasteiger partial charge in [-0.05, 0) is 6.07 Å². The van der Waals surface area contributed by atoms with E-state index in [1.165, 1.54) is 19.6 Å². The van der Waals surface area contributed by atoms with Gasteiger partial charge in [-0.2, -0.15) is 8.42 Å². The standard InChI is InChI=1S/C7H6FN3O3S/c1-11-6(5-2-3-14-4-5)9-10-7(11)15(8,12)13/h2-4H,1H3. The molecular weight excluding hydrogens is 225 g/mol. The molecule has 0 aliphatic carbocycles. The van der Waals surface area contributed by atoms with Crippen molar-refractivity contribution in [2.45, 2.75) is 5.16 Å². The van der Waals surface area contributed by atoms with Crippen LogP contribution in [0.5, 0.6) is 0 Å². The van der Waals surface area contributed by atoms with E-state index in [1.807, 2.05) is 0 Å². The number of furan rings is 1. The van der Waals surface area contributed by atoms with Gasteiger partial charge in [0.2, 0.25) is 0 Å². The Morgan fingerprint density at radius 3 is 2.67 bits per heavy atom. The maximum Gasteiger partial charge on any atom is 0.368 e. The summed E-state index contributed by atoms with van der Waals surface area (Å²) in [6.07, 6.45) is 2.76. The molecule has 2 heterocycles. The molecule has 0 aliphatic rings. The van der Waals surface area contributed by atoms with E-state index in [-0.39, 0.29) is 5.82 Å². The molecule has 0 spiro atoms. The highest BCUT2D eigenvalue weighted by Crippen LogP contribution is 2.19. The SMILES string of the molecule is Cn1c(-c2ccoc2)nnc1S(=O)(=O)F. The Morgan fingerprint density at radius 1 is 1.47 bits per heavy atom. The second kappa shape index (κ2) is 3.16. The Kier molecular flexibility index (Phi) is 2.07. The van der Waals surface area contributed by atoms with Crippen LogP contribution in [-0.4, -0.2) is 23.2 Å². The molecule has 15 heavy (non-hydrogen) atoms. The van der Waals surface area contributed by atoms with Gasteiger partial charge in [0.1, 0.15) is 6.26 Å². The fraction of sp³-hybridized carbons (Fsp3) is 0.143. The van der Waals surface area contributed by atoms with Gasteiger partial charge in [-0.15, -0.1) is 10.2 Å². The predicted molar refractivity (Wildman–Crippen MR) is 47.0 cm³/mol. The van der Waals surface area contributed by atoms with Crippen molar-refractivity contribution in [3.05, 3.63) is 18.6 Å². The Balaban J connectivity index is 2.60. The van der Waals surface area contributed by atoms with Crippen LogP contribution in [0.25, 0.3) is 11.4 Å². The van der Waals surface area contributed by atoms with Gasteiger partial charge in [-0.25, -0.2) is 0 Å². The molecule has 0 atom stereocenters. The lowest BCUT2D eigenvalue weighted by Gasteiger charge is -1.97. The summed E-state index contributed by atoms with van der Waals surface area (Å²) in [6.45, 7) is 0. The molecule has 0 saturated heterocycles. The van der Waals surface area contributed by atoms with Crippen LogP contribution in [0.4, 0.5) is 3.89 Å². The fourth-order valence-corrected chi connectivity index (χ4v) is 1.72. The van der Waals surface area contributed by atoms with E-state index in [1.54, 1.807) is 6.07 Å². The van der Waals surface area contributed by atoms with E-state index in [2.05, 4.69) is 10.2 Å². The van der Waals surface area contributed by atoms with Crippen molar-refractivity contribution in [3.8, 4) is 11.4 Å². The lowest BCUT2D eigenvalue weighted by Crippen LogP contribution is -2.03. The van der Waals surface area contributed by atoms with Gasteiger partial charge in [-0.3, -0.25) is 4.57 Å². The molecule has 0 aliphatic heterocycles. The summed E-state index contributed by atoms with van der Waals surface area (Å²) >= 11 is 0. The van der Waals surface area contributed by atoms with Crippen LogP contribution >= 0.6 is 0 Å². The van der Waals surface area contributed by atoms with Gasteiger partial charge in [-0.1, -0.05) is 3.89 Å². The summed E-state index contributed by atoms with van der Waals surface area (Å²) in [5.74, 6) is 0.222. The third-order valence-electron chi connectivity index (χ3n) is 1.83. The van der Waals surface area contributed by atoms with Crippen molar-refractivity contribution in [2.75, 3.05) is 0 Å². The van der Waals surface area contributed by atoms with Gasteiger partial charge >= 0.3 is 10.2 Å². The summed E-state index contributed by atoms with van der Waals surface area (Å²) in [7, 11) is -3.49. The molecule has 80 valence electrons. The second-order valence-electron chi connectivity index (χ2n) is 2.82. The minimum absolute atomic E-state index is 0.222. The van der Waals surface area contributed by atoms with Gasteiger partial charge in [0, 0.05) is 7.05 Å². The third kappa shape index (κ3) is 1.63. The average Bonchev–Trinajstić information content (AvgIpc) is 2.69. The zero-order valence-corrected chi connectivity index (χ0v) is 8.40. The predicted octanol–water partition coefficient (Wildman–Crippen LogP) is 0.733. The molecule has 0 bridgehead atoms. The number of hydrogen-bond acceptors (Lipinski definition) is 5. The van der Waals surface area contributed by atoms with Crippen molar-refractivity contribution in [1.29, 1.82) is 0 Å². The highest BCUT2D eigenvalue weighted by molar-refractivity contribution is 7.86. The lowest BCUT2D eigenvalue weighted by atomic mass is 10.3. The highest BCUT2D eigenvalue weighted by Gasteiger charge is 2.22. The third-order valence-corrected chi connectivity index (χ3v) is 2.62. The van der Waals surface area contributed by atoms with E-state index in [9.17, 15) is 12.3 Å². The maximum absolute atomic E-state index is 12.7. The van der Waals surface area contributed by atoms with E-state index >= 15 is 0 Å². The summed E-state index contributed by atoms with van der Waals surface area (Å²) < 4.78 is 39.7. The van der Waals surface area contributed by atoms with Crippen LogP contribution in [0.2, 0.25) is 0 Å². The first kappa shape index (κ1) is 9.84. The molecule has 6 nitrogen and oxygen atoms in total. The number of hydrogen-bond donors (Lipinski definition) is 0. The summed E-state index contributed by atoms with van der Waals surface area (Å²) in [5.41, 5.74) is 0.528. The summed E-state index contributed by atoms with van der Waals surface area (Å²) in [5, 5.41) is 6.09. The fourth-order valence-electron chi connectivity index (χ4n) is 1.17. The zero-order chi connectivity index (χ0) is 11.1. The first-order valence-corrected chi connectivity index (χ1v) is 5.25. The summed E-state index contributed by atoms with van der Waals surface area (Å²) in [6, 6.07) is 1.57. The number of rotatable bonds is 2. The topological polar surface area (TPSA) is 78.0 Å². The normalized spacial score (nSPS) is 11.9. The van der Waals surface area contributed by atoms with Gasteiger partial charge in [0.05, 0.1) is 11.8 Å². The maximum atomic E-state index is 12.7. The molecule has 2 aromatic heterocycles. The smallest absolute Gasteiger partial charge is 0.368 e. The Morgan fingerprint density at radius 2 is 2.20 bits per heavy atom. The quantitative estimate of drug-likeness (QED) is 0.712. The Labute approximate surface area is 84.6 Å². The van der Waals surface area contributed by atoms with E-state index in [0.717, 1.165) is 4.57 Å². The van der Waals surface area contributed by atoms with Crippen LogP contribution in [0, 0.1) is 0 Å². The molecule has 0 amide bonds. The minimum atomic E-state index is -4.84. The van der Waals surface area contributed by atoms with E-state index < -0.39 is 15.4 Å². The first-order valence-electron chi connectivity index (χ1n) is 3.87. The van der Waals surface area contributed by atoms with Crippen molar-refractivity contribution in [1.82, 2.24) is 14.8 Å². The lowest BCUT2D eigenvalue weighted by molar-refractivity contribution is 0.534. The van der Waals surface area contributed by atoms with E-state index in [4.69, 9.17) is 4.42 Å². The van der Waals surface area contributed by atoms with Crippen LogP contribution in [0.3, 0.4) is 0 Å². The minimum Gasteiger partial charge on any atom is -0.472 e. The zero-order valence-electron chi connectivity index (χ0n) is 7.58. The van der Waals surface area contributed by atoms with Crippen LogP contribution in [-0.2, 0) is 17.3 Å². The Hall–Kier alpha value is -1.70. The molecule has 0 fully saturated rings. The van der Waals surface area contributed by atoms with Crippen LogP contribution in [0.15, 0.2) is 28.2 Å². The van der Waals surface area contributed by atoms with Crippen molar-refractivity contribution < 1.29 is 16.7 Å². The molecule has 0 N–H and O–H groups in total. The Bertz CT molecular complexity index is 573. The average molecular weight is 231 g/mol. The monoisotopic (exact) mass is 231 g/mol. The molecule has 0 unspecified atom stereocenters. The summed E-state index contributed by atoms with van der Waals surface area (Å²) in [4.78, 5) is 0. The van der Waals surface area contributed by atoms with Crippen LogP contribution < -0.4 is 0 Å². The molecule has 2 aromatic rings. The molecule has 0 radical (unpaired) electrons. The van der Waals surface area contributed by atoms with Gasteiger partial charge in [0.25, 0.3) is 5.16 Å². The highest BCUT2D eigenvalue weighted by atomic mass is 32.3. The molecule has 8 heteroatoms. The molecule has 0 saturated carbocycles. The first-order chi connectivity index (χ1) is 7.00. The largest absolute Gasteiger partial charge is 0.472 e. The number of halogens is 1. The number of nitrogens with zero attached hydrogens (tertiary/aromatic N) is 3. The van der Waals surface area contributed by atoms with Crippen LogP contribution in [0.1, 0.15) is 0 Å².